The Hall–Kier alpha value is -2.58. The third-order valence-electron chi connectivity index (χ3n) is 3.55. The second-order valence-corrected chi connectivity index (χ2v) is 5.24. The number of aromatic nitrogens is 2. The van der Waals surface area contributed by atoms with Crippen LogP contribution < -0.4 is 22.3 Å². The van der Waals surface area contributed by atoms with Gasteiger partial charge in [0.1, 0.15) is 11.5 Å². The van der Waals surface area contributed by atoms with E-state index in [0.717, 1.165) is 10.1 Å². The van der Waals surface area contributed by atoms with Crippen LogP contribution in [0.1, 0.15) is 5.56 Å². The second kappa shape index (κ2) is 8.32. The number of aliphatic hydroxyl groups excluding tert-OH is 1. The van der Waals surface area contributed by atoms with Crippen molar-refractivity contribution in [3.63, 3.8) is 0 Å². The summed E-state index contributed by atoms with van der Waals surface area (Å²) in [6.07, 6.45) is 0. The maximum absolute atomic E-state index is 12.3. The van der Waals surface area contributed by atoms with Crippen LogP contribution in [0.2, 0.25) is 0 Å². The molecule has 0 fully saturated rings. The number of anilines is 2. The Morgan fingerprint density at radius 2 is 1.92 bits per heavy atom. The third kappa shape index (κ3) is 4.03. The zero-order valence-electron chi connectivity index (χ0n) is 13.6. The molecule has 0 amide bonds. The predicted octanol–water partition coefficient (Wildman–Crippen LogP) is -0.402. The molecule has 0 atom stereocenters. The summed E-state index contributed by atoms with van der Waals surface area (Å²) in [5.41, 5.74) is 6.17. The standard InChI is InChI=1S/C16H22N4O4/c1-19-15(22)13(18-7-9-24-10-8-21)14(17)20(16(19)23)11-12-5-3-2-4-6-12/h2-6,18,21H,7-11,17H2,1H3. The molecule has 0 aliphatic heterocycles. The van der Waals surface area contributed by atoms with Crippen molar-refractivity contribution >= 4 is 11.5 Å². The number of nitrogen functional groups attached to an aromatic ring is 1. The van der Waals surface area contributed by atoms with Crippen molar-refractivity contribution in [3.8, 4) is 0 Å². The van der Waals surface area contributed by atoms with Gasteiger partial charge in [0, 0.05) is 13.6 Å². The summed E-state index contributed by atoms with van der Waals surface area (Å²) in [6.45, 7) is 1.08. The topological polar surface area (TPSA) is 112 Å². The fourth-order valence-electron chi connectivity index (χ4n) is 2.28. The van der Waals surface area contributed by atoms with E-state index in [0.29, 0.717) is 13.2 Å². The Morgan fingerprint density at radius 1 is 1.21 bits per heavy atom. The van der Waals surface area contributed by atoms with E-state index in [2.05, 4.69) is 5.32 Å². The average molecular weight is 334 g/mol. The van der Waals surface area contributed by atoms with Crippen LogP contribution in [-0.2, 0) is 18.3 Å². The molecule has 8 heteroatoms. The first kappa shape index (κ1) is 17.8. The van der Waals surface area contributed by atoms with Crippen LogP contribution in [-0.4, -0.2) is 40.6 Å². The maximum atomic E-state index is 12.3. The second-order valence-electron chi connectivity index (χ2n) is 5.24. The molecule has 0 spiro atoms. The number of ether oxygens (including phenoxy) is 1. The number of nitrogens with one attached hydrogen (secondary N) is 1. The van der Waals surface area contributed by atoms with Crippen LogP contribution in [0.15, 0.2) is 39.9 Å². The zero-order valence-corrected chi connectivity index (χ0v) is 13.6. The Bertz CT molecular complexity index is 783. The summed E-state index contributed by atoms with van der Waals surface area (Å²) in [5, 5.41) is 11.6. The first-order valence-corrected chi connectivity index (χ1v) is 7.62. The van der Waals surface area contributed by atoms with Gasteiger partial charge in [0.2, 0.25) is 0 Å². The molecule has 0 bridgehead atoms. The predicted molar refractivity (Wildman–Crippen MR) is 92.3 cm³/mol. The van der Waals surface area contributed by atoms with Gasteiger partial charge in [-0.05, 0) is 5.56 Å². The molecule has 0 aliphatic carbocycles. The molecule has 0 saturated heterocycles. The van der Waals surface area contributed by atoms with Crippen molar-refractivity contribution in [1.29, 1.82) is 0 Å². The summed E-state index contributed by atoms with van der Waals surface area (Å²) in [6, 6.07) is 9.39. The normalized spacial score (nSPS) is 10.8. The fraction of sp³-hybridized carbons (Fsp3) is 0.375. The minimum absolute atomic E-state index is 0.0636. The quantitative estimate of drug-likeness (QED) is 0.566. The van der Waals surface area contributed by atoms with Crippen molar-refractivity contribution < 1.29 is 9.84 Å². The number of hydrogen-bond acceptors (Lipinski definition) is 6. The number of aliphatic hydroxyl groups is 1. The van der Waals surface area contributed by atoms with Crippen molar-refractivity contribution in [2.45, 2.75) is 6.54 Å². The maximum Gasteiger partial charge on any atom is 0.332 e. The van der Waals surface area contributed by atoms with E-state index < -0.39 is 11.2 Å². The van der Waals surface area contributed by atoms with Gasteiger partial charge in [0.15, 0.2) is 0 Å². The first-order valence-electron chi connectivity index (χ1n) is 7.62. The van der Waals surface area contributed by atoms with E-state index in [1.165, 1.54) is 11.6 Å². The van der Waals surface area contributed by atoms with E-state index in [1.54, 1.807) is 0 Å². The molecule has 0 aliphatic rings. The molecule has 130 valence electrons. The third-order valence-corrected chi connectivity index (χ3v) is 3.55. The number of hydrogen-bond donors (Lipinski definition) is 3. The Morgan fingerprint density at radius 3 is 2.58 bits per heavy atom. The Labute approximate surface area is 139 Å². The minimum Gasteiger partial charge on any atom is -0.394 e. The molecule has 1 heterocycles. The molecular formula is C16H22N4O4. The van der Waals surface area contributed by atoms with Gasteiger partial charge in [0.25, 0.3) is 5.56 Å². The molecule has 1 aromatic carbocycles. The highest BCUT2D eigenvalue weighted by Crippen LogP contribution is 2.12. The minimum atomic E-state index is -0.482. The van der Waals surface area contributed by atoms with Crippen LogP contribution in [0.25, 0.3) is 0 Å². The van der Waals surface area contributed by atoms with Gasteiger partial charge in [-0.2, -0.15) is 0 Å². The molecular weight excluding hydrogens is 312 g/mol. The molecule has 0 radical (unpaired) electrons. The van der Waals surface area contributed by atoms with Crippen LogP contribution in [0, 0.1) is 0 Å². The lowest BCUT2D eigenvalue weighted by Crippen LogP contribution is -2.41. The molecule has 8 nitrogen and oxygen atoms in total. The lowest BCUT2D eigenvalue weighted by atomic mass is 10.2. The summed E-state index contributed by atoms with van der Waals surface area (Å²) in [7, 11) is 1.42. The molecule has 24 heavy (non-hydrogen) atoms. The molecule has 4 N–H and O–H groups in total. The van der Waals surface area contributed by atoms with Crippen molar-refractivity contribution in [3.05, 3.63) is 56.7 Å². The molecule has 2 rings (SSSR count). The van der Waals surface area contributed by atoms with Crippen molar-refractivity contribution in [2.24, 2.45) is 7.05 Å². The van der Waals surface area contributed by atoms with Gasteiger partial charge in [-0.15, -0.1) is 0 Å². The number of nitrogens with two attached hydrogens (primary N) is 1. The fourth-order valence-corrected chi connectivity index (χ4v) is 2.28. The lowest BCUT2D eigenvalue weighted by molar-refractivity contribution is 0.0992. The highest BCUT2D eigenvalue weighted by Gasteiger charge is 2.15. The van der Waals surface area contributed by atoms with E-state index in [1.807, 2.05) is 30.3 Å². The summed E-state index contributed by atoms with van der Waals surface area (Å²) in [5.74, 6) is 0.0918. The van der Waals surface area contributed by atoms with E-state index >= 15 is 0 Å². The van der Waals surface area contributed by atoms with Crippen LogP contribution in [0.5, 0.6) is 0 Å². The van der Waals surface area contributed by atoms with Crippen LogP contribution >= 0.6 is 0 Å². The van der Waals surface area contributed by atoms with Gasteiger partial charge in [-0.3, -0.25) is 13.9 Å². The van der Waals surface area contributed by atoms with Gasteiger partial charge in [0.05, 0.1) is 26.4 Å². The molecule has 1 aromatic heterocycles. The number of benzene rings is 1. The zero-order chi connectivity index (χ0) is 17.5. The van der Waals surface area contributed by atoms with Crippen molar-refractivity contribution in [1.82, 2.24) is 9.13 Å². The first-order chi connectivity index (χ1) is 11.6. The van der Waals surface area contributed by atoms with Gasteiger partial charge in [-0.25, -0.2) is 4.79 Å². The van der Waals surface area contributed by atoms with Crippen LogP contribution in [0.3, 0.4) is 0 Å². The summed E-state index contributed by atoms with van der Waals surface area (Å²) < 4.78 is 7.51. The van der Waals surface area contributed by atoms with E-state index in [4.69, 9.17) is 15.6 Å². The highest BCUT2D eigenvalue weighted by molar-refractivity contribution is 5.60. The largest absolute Gasteiger partial charge is 0.394 e. The highest BCUT2D eigenvalue weighted by atomic mass is 16.5. The van der Waals surface area contributed by atoms with Gasteiger partial charge in [-0.1, -0.05) is 30.3 Å². The summed E-state index contributed by atoms with van der Waals surface area (Å²) >= 11 is 0. The Kier molecular flexibility index (Phi) is 6.16. The Balaban J connectivity index is 2.28. The molecule has 2 aromatic rings. The average Bonchev–Trinajstić information content (AvgIpc) is 2.60. The van der Waals surface area contributed by atoms with E-state index in [-0.39, 0.29) is 31.3 Å². The monoisotopic (exact) mass is 334 g/mol. The number of rotatable bonds is 8. The van der Waals surface area contributed by atoms with Gasteiger partial charge < -0.3 is 20.9 Å². The molecule has 0 saturated carbocycles. The van der Waals surface area contributed by atoms with E-state index in [9.17, 15) is 9.59 Å². The smallest absolute Gasteiger partial charge is 0.332 e. The van der Waals surface area contributed by atoms with Crippen LogP contribution in [0.4, 0.5) is 11.5 Å². The SMILES string of the molecule is Cn1c(=O)c(NCCOCCO)c(N)n(Cc2ccccc2)c1=O. The molecule has 0 unspecified atom stereocenters. The summed E-state index contributed by atoms with van der Waals surface area (Å²) in [4.78, 5) is 24.6. The number of nitrogens with zero attached hydrogens (tertiary/aromatic N) is 2. The van der Waals surface area contributed by atoms with Gasteiger partial charge >= 0.3 is 5.69 Å². The van der Waals surface area contributed by atoms with Crippen molar-refractivity contribution in [2.75, 3.05) is 37.4 Å². The lowest BCUT2D eigenvalue weighted by Gasteiger charge is -2.16.